The zero-order valence-electron chi connectivity index (χ0n) is 19.5. The first-order valence-electron chi connectivity index (χ1n) is 11.9. The summed E-state index contributed by atoms with van der Waals surface area (Å²) in [5, 5.41) is 6.68. The van der Waals surface area contributed by atoms with Gasteiger partial charge in [0.15, 0.2) is 0 Å². The number of aromatic nitrogens is 3. The molecule has 0 fully saturated rings. The topological polar surface area (TPSA) is 66.0 Å². The molecular weight excluding hydrogens is 420 g/mol. The molecule has 5 rings (SSSR count). The van der Waals surface area contributed by atoms with Gasteiger partial charge in [0.25, 0.3) is 0 Å². The molecule has 0 saturated heterocycles. The van der Waals surface area contributed by atoms with Gasteiger partial charge < -0.3 is 15.5 Å². The summed E-state index contributed by atoms with van der Waals surface area (Å²) >= 11 is 0. The third kappa shape index (κ3) is 4.92. The van der Waals surface area contributed by atoms with Crippen LogP contribution in [-0.4, -0.2) is 35.1 Å². The number of nitrogens with one attached hydrogen (secondary N) is 2. The Bertz CT molecular complexity index is 1230. The molecule has 2 aromatic heterocycles. The molecule has 1 aliphatic heterocycles. The van der Waals surface area contributed by atoms with Gasteiger partial charge in [0.2, 0.25) is 5.95 Å². The van der Waals surface area contributed by atoms with Gasteiger partial charge in [0.05, 0.1) is 5.69 Å². The Morgan fingerprint density at radius 3 is 2.53 bits per heavy atom. The van der Waals surface area contributed by atoms with E-state index in [1.807, 2.05) is 31.4 Å². The fourth-order valence-electron chi connectivity index (χ4n) is 4.49. The molecule has 0 aliphatic carbocycles. The van der Waals surface area contributed by atoms with Crippen LogP contribution in [0.3, 0.4) is 0 Å². The van der Waals surface area contributed by atoms with Crippen LogP contribution in [0.1, 0.15) is 23.1 Å². The summed E-state index contributed by atoms with van der Waals surface area (Å²) in [4.78, 5) is 16.7. The second-order valence-corrected chi connectivity index (χ2v) is 8.53. The molecule has 6 nitrogen and oxygen atoms in total. The standard InChI is InChI=1S/C28H30N6/c1-29-20-24-19-23-13-8-18-34(27(23)33-26(24)22-11-6-3-7-12-22)25-15-17-31-28(32-25)30-16-14-21-9-4-2-5-10-21/h2-7,9-12,15,17,19,29H,8,13-14,16,18,20H2,1H3,(H,30,31,32). The Morgan fingerprint density at radius 2 is 1.74 bits per heavy atom. The number of anilines is 3. The lowest BCUT2D eigenvalue weighted by atomic mass is 9.99. The number of rotatable bonds is 8. The molecule has 2 aromatic carbocycles. The van der Waals surface area contributed by atoms with E-state index in [0.29, 0.717) is 5.95 Å². The van der Waals surface area contributed by atoms with Crippen molar-refractivity contribution >= 4 is 17.6 Å². The fraction of sp³-hybridized carbons (Fsp3) is 0.250. The van der Waals surface area contributed by atoms with Crippen LogP contribution in [0.25, 0.3) is 11.3 Å². The Labute approximate surface area is 201 Å². The number of pyridine rings is 1. The van der Waals surface area contributed by atoms with Crippen molar-refractivity contribution in [1.82, 2.24) is 20.3 Å². The highest BCUT2D eigenvalue weighted by molar-refractivity contribution is 5.71. The maximum absolute atomic E-state index is 5.20. The number of hydrogen-bond acceptors (Lipinski definition) is 6. The van der Waals surface area contributed by atoms with Gasteiger partial charge >= 0.3 is 0 Å². The van der Waals surface area contributed by atoms with Gasteiger partial charge in [-0.05, 0) is 55.1 Å². The largest absolute Gasteiger partial charge is 0.354 e. The fourth-order valence-corrected chi connectivity index (χ4v) is 4.49. The van der Waals surface area contributed by atoms with E-state index < -0.39 is 0 Å². The average molecular weight is 451 g/mol. The third-order valence-electron chi connectivity index (χ3n) is 6.11. The molecule has 0 radical (unpaired) electrons. The summed E-state index contributed by atoms with van der Waals surface area (Å²) in [6.45, 7) is 2.46. The number of hydrogen-bond donors (Lipinski definition) is 2. The van der Waals surface area contributed by atoms with Crippen LogP contribution in [0.15, 0.2) is 79.0 Å². The Balaban J connectivity index is 1.42. The van der Waals surface area contributed by atoms with E-state index in [4.69, 9.17) is 9.97 Å². The number of nitrogens with zero attached hydrogens (tertiary/aromatic N) is 4. The zero-order valence-corrected chi connectivity index (χ0v) is 19.5. The highest BCUT2D eigenvalue weighted by Gasteiger charge is 2.24. The van der Waals surface area contributed by atoms with E-state index in [1.54, 1.807) is 0 Å². The maximum atomic E-state index is 5.20. The van der Waals surface area contributed by atoms with E-state index in [9.17, 15) is 0 Å². The van der Waals surface area contributed by atoms with Gasteiger partial charge in [-0.1, -0.05) is 60.7 Å². The molecule has 0 saturated carbocycles. The molecule has 2 N–H and O–H groups in total. The van der Waals surface area contributed by atoms with Crippen LogP contribution in [-0.2, 0) is 19.4 Å². The van der Waals surface area contributed by atoms with Gasteiger partial charge in [-0.3, -0.25) is 0 Å². The van der Waals surface area contributed by atoms with E-state index in [-0.39, 0.29) is 0 Å². The number of fused-ring (bicyclic) bond motifs is 1. The van der Waals surface area contributed by atoms with Gasteiger partial charge in [-0.15, -0.1) is 0 Å². The van der Waals surface area contributed by atoms with Gasteiger partial charge in [-0.2, -0.15) is 4.98 Å². The highest BCUT2D eigenvalue weighted by Crippen LogP contribution is 2.35. The molecule has 0 amide bonds. The molecule has 0 bridgehead atoms. The monoisotopic (exact) mass is 450 g/mol. The zero-order chi connectivity index (χ0) is 23.2. The summed E-state index contributed by atoms with van der Waals surface area (Å²) in [6.07, 6.45) is 4.85. The summed E-state index contributed by atoms with van der Waals surface area (Å²) < 4.78 is 0. The highest BCUT2D eigenvalue weighted by atomic mass is 15.3. The van der Waals surface area contributed by atoms with E-state index in [1.165, 1.54) is 16.7 Å². The molecule has 0 unspecified atom stereocenters. The second-order valence-electron chi connectivity index (χ2n) is 8.53. The number of aryl methyl sites for hydroxylation is 1. The van der Waals surface area contributed by atoms with E-state index >= 15 is 0 Å². The molecule has 34 heavy (non-hydrogen) atoms. The maximum Gasteiger partial charge on any atom is 0.224 e. The van der Waals surface area contributed by atoms with Crippen LogP contribution in [0.4, 0.5) is 17.6 Å². The van der Waals surface area contributed by atoms with Crippen LogP contribution in [0.2, 0.25) is 0 Å². The summed E-state index contributed by atoms with van der Waals surface area (Å²) in [6, 6.07) is 25.2. The molecule has 172 valence electrons. The summed E-state index contributed by atoms with van der Waals surface area (Å²) in [5.74, 6) is 2.53. The molecular formula is C28H30N6. The van der Waals surface area contributed by atoms with Gasteiger partial charge in [0, 0.05) is 31.4 Å². The molecule has 1 aliphatic rings. The lowest BCUT2D eigenvalue weighted by Crippen LogP contribution is -2.27. The molecule has 4 aromatic rings. The molecule has 3 heterocycles. The van der Waals surface area contributed by atoms with Crippen molar-refractivity contribution in [2.75, 3.05) is 30.4 Å². The van der Waals surface area contributed by atoms with Crippen molar-refractivity contribution in [3.05, 3.63) is 95.7 Å². The van der Waals surface area contributed by atoms with Crippen molar-refractivity contribution in [3.8, 4) is 11.3 Å². The van der Waals surface area contributed by atoms with Gasteiger partial charge in [0.1, 0.15) is 11.6 Å². The predicted octanol–water partition coefficient (Wildman–Crippen LogP) is 5.00. The summed E-state index contributed by atoms with van der Waals surface area (Å²) in [5.41, 5.74) is 5.95. The van der Waals surface area contributed by atoms with Crippen molar-refractivity contribution < 1.29 is 0 Å². The van der Waals surface area contributed by atoms with E-state index in [0.717, 1.165) is 61.8 Å². The van der Waals surface area contributed by atoms with Crippen molar-refractivity contribution in [3.63, 3.8) is 0 Å². The lowest BCUT2D eigenvalue weighted by Gasteiger charge is -2.30. The predicted molar refractivity (Wildman–Crippen MR) is 138 cm³/mol. The third-order valence-corrected chi connectivity index (χ3v) is 6.11. The normalized spacial score (nSPS) is 12.9. The Kier molecular flexibility index (Phi) is 6.77. The van der Waals surface area contributed by atoms with Crippen molar-refractivity contribution in [2.45, 2.75) is 25.8 Å². The minimum atomic E-state index is 0.649. The minimum Gasteiger partial charge on any atom is -0.354 e. The smallest absolute Gasteiger partial charge is 0.224 e. The lowest BCUT2D eigenvalue weighted by molar-refractivity contribution is 0.737. The van der Waals surface area contributed by atoms with Gasteiger partial charge in [-0.25, -0.2) is 9.97 Å². The average Bonchev–Trinajstić information content (AvgIpc) is 2.89. The first kappa shape index (κ1) is 22.0. The SMILES string of the molecule is CNCc1cc2c(nc1-c1ccccc1)N(c1ccnc(NCCc3ccccc3)n1)CCC2. The second kappa shape index (κ2) is 10.4. The van der Waals surface area contributed by atoms with Crippen LogP contribution in [0, 0.1) is 0 Å². The first-order chi connectivity index (χ1) is 16.8. The minimum absolute atomic E-state index is 0.649. The quantitative estimate of drug-likeness (QED) is 0.394. The van der Waals surface area contributed by atoms with E-state index in [2.05, 4.69) is 75.1 Å². The first-order valence-corrected chi connectivity index (χ1v) is 11.9. The Hall–Kier alpha value is -3.77. The number of benzene rings is 2. The summed E-state index contributed by atoms with van der Waals surface area (Å²) in [7, 11) is 1.98. The van der Waals surface area contributed by atoms with Crippen molar-refractivity contribution in [1.29, 1.82) is 0 Å². The van der Waals surface area contributed by atoms with Crippen molar-refractivity contribution in [2.24, 2.45) is 0 Å². The van der Waals surface area contributed by atoms with Crippen LogP contribution in [0.5, 0.6) is 0 Å². The molecule has 6 heteroatoms. The Morgan fingerprint density at radius 1 is 0.941 bits per heavy atom. The van der Waals surface area contributed by atoms with Crippen LogP contribution < -0.4 is 15.5 Å². The molecule has 0 spiro atoms. The van der Waals surface area contributed by atoms with Crippen LogP contribution >= 0.6 is 0 Å². The molecule has 0 atom stereocenters.